The first-order valence-electron chi connectivity index (χ1n) is 4.58. The Morgan fingerprint density at radius 2 is 2.25 bits per heavy atom. The van der Waals surface area contributed by atoms with Gasteiger partial charge in [-0.25, -0.2) is 0 Å². The van der Waals surface area contributed by atoms with Crippen molar-refractivity contribution in [2.24, 2.45) is 0 Å². The molecule has 0 saturated heterocycles. The van der Waals surface area contributed by atoms with Gasteiger partial charge in [0.2, 0.25) is 5.13 Å². The predicted octanol–water partition coefficient (Wildman–Crippen LogP) is 3.07. The van der Waals surface area contributed by atoms with Crippen LogP contribution in [0.3, 0.4) is 0 Å². The second kappa shape index (κ2) is 4.90. The fourth-order valence-corrected chi connectivity index (χ4v) is 2.65. The molecule has 0 aliphatic rings. The van der Waals surface area contributed by atoms with Crippen LogP contribution in [0.5, 0.6) is 0 Å². The molecule has 1 amide bonds. The van der Waals surface area contributed by atoms with Crippen molar-refractivity contribution < 1.29 is 4.79 Å². The first kappa shape index (κ1) is 11.5. The van der Waals surface area contributed by atoms with E-state index in [0.29, 0.717) is 14.3 Å². The fourth-order valence-electron chi connectivity index (χ4n) is 1.04. The monoisotopic (exact) mass is 273 g/mol. The van der Waals surface area contributed by atoms with E-state index < -0.39 is 0 Å². The highest BCUT2D eigenvalue weighted by Gasteiger charge is 2.11. The third kappa shape index (κ3) is 2.58. The van der Waals surface area contributed by atoms with Crippen molar-refractivity contribution in [2.75, 3.05) is 5.32 Å². The summed E-state index contributed by atoms with van der Waals surface area (Å²) in [5.41, 5.74) is 0. The largest absolute Gasteiger partial charge is 0.296 e. The van der Waals surface area contributed by atoms with Crippen molar-refractivity contribution in [1.82, 2.24) is 10.2 Å². The van der Waals surface area contributed by atoms with Crippen LogP contribution >= 0.6 is 34.3 Å². The first-order chi connectivity index (χ1) is 7.69. The van der Waals surface area contributed by atoms with Crippen LogP contribution in [0.2, 0.25) is 4.34 Å². The van der Waals surface area contributed by atoms with E-state index in [9.17, 15) is 4.79 Å². The quantitative estimate of drug-likeness (QED) is 0.935. The van der Waals surface area contributed by atoms with Gasteiger partial charge in [-0.3, -0.25) is 10.1 Å². The van der Waals surface area contributed by atoms with Crippen molar-refractivity contribution in [3.05, 3.63) is 26.4 Å². The Morgan fingerprint density at radius 3 is 2.81 bits per heavy atom. The van der Waals surface area contributed by atoms with E-state index in [0.717, 1.165) is 11.4 Å². The summed E-state index contributed by atoms with van der Waals surface area (Å²) >= 11 is 8.36. The molecule has 2 aromatic heterocycles. The number of hydrogen-bond acceptors (Lipinski definition) is 5. The summed E-state index contributed by atoms with van der Waals surface area (Å²) in [5.74, 6) is -0.198. The molecule has 0 spiro atoms. The molecule has 0 atom stereocenters. The normalized spacial score (nSPS) is 10.4. The molecule has 84 valence electrons. The molecule has 0 saturated carbocycles. The summed E-state index contributed by atoms with van der Waals surface area (Å²) in [5, 5.41) is 11.9. The van der Waals surface area contributed by atoms with E-state index in [1.165, 1.54) is 22.7 Å². The van der Waals surface area contributed by atoms with E-state index in [2.05, 4.69) is 15.5 Å². The summed E-state index contributed by atoms with van der Waals surface area (Å²) < 4.78 is 0.594. The zero-order chi connectivity index (χ0) is 11.5. The summed E-state index contributed by atoms with van der Waals surface area (Å²) in [7, 11) is 0. The lowest BCUT2D eigenvalue weighted by Gasteiger charge is -1.96. The van der Waals surface area contributed by atoms with Crippen LogP contribution < -0.4 is 5.32 Å². The van der Waals surface area contributed by atoms with Gasteiger partial charge in [0.25, 0.3) is 5.91 Å². The lowest BCUT2D eigenvalue weighted by molar-refractivity contribution is 0.103. The maximum Gasteiger partial charge on any atom is 0.267 e. The molecule has 0 aliphatic heterocycles. The average molecular weight is 274 g/mol. The molecule has 1 N–H and O–H groups in total. The number of nitrogens with one attached hydrogen (secondary N) is 1. The lowest BCUT2D eigenvalue weighted by atomic mass is 10.4. The topological polar surface area (TPSA) is 54.9 Å². The molecule has 2 rings (SSSR count). The van der Waals surface area contributed by atoms with Gasteiger partial charge in [-0.2, -0.15) is 0 Å². The Hall–Kier alpha value is -0.980. The molecule has 0 bridgehead atoms. The van der Waals surface area contributed by atoms with Crippen molar-refractivity contribution in [2.45, 2.75) is 13.3 Å². The number of thiophene rings is 1. The van der Waals surface area contributed by atoms with Gasteiger partial charge in [0.05, 0.1) is 9.21 Å². The summed E-state index contributed by atoms with van der Waals surface area (Å²) in [4.78, 5) is 12.3. The van der Waals surface area contributed by atoms with Crippen LogP contribution in [0.25, 0.3) is 0 Å². The van der Waals surface area contributed by atoms with Gasteiger partial charge in [0.1, 0.15) is 5.01 Å². The van der Waals surface area contributed by atoms with Crippen molar-refractivity contribution in [3.63, 3.8) is 0 Å². The number of hydrogen-bond donors (Lipinski definition) is 1. The standard InChI is InChI=1S/C9H8ClN3OS2/c1-2-7-12-13-9(16-7)11-8(14)5-3-4-6(10)15-5/h3-4H,2H2,1H3,(H,11,13,14). The molecule has 4 nitrogen and oxygen atoms in total. The number of carbonyl (C=O) groups excluding carboxylic acids is 1. The summed E-state index contributed by atoms with van der Waals surface area (Å²) in [6.45, 7) is 1.99. The van der Waals surface area contributed by atoms with Crippen LogP contribution in [-0.4, -0.2) is 16.1 Å². The van der Waals surface area contributed by atoms with E-state index in [-0.39, 0.29) is 5.91 Å². The molecule has 2 aromatic rings. The van der Waals surface area contributed by atoms with Crippen LogP contribution in [0.15, 0.2) is 12.1 Å². The summed E-state index contributed by atoms with van der Waals surface area (Å²) in [6.07, 6.45) is 0.818. The van der Waals surface area contributed by atoms with E-state index >= 15 is 0 Å². The third-order valence-corrected chi connectivity index (χ3v) is 4.00. The summed E-state index contributed by atoms with van der Waals surface area (Å²) in [6, 6.07) is 3.38. The van der Waals surface area contributed by atoms with Crippen LogP contribution in [-0.2, 0) is 6.42 Å². The average Bonchev–Trinajstić information content (AvgIpc) is 2.87. The van der Waals surface area contributed by atoms with Crippen molar-refractivity contribution >= 4 is 45.3 Å². The number of amides is 1. The third-order valence-electron chi connectivity index (χ3n) is 1.79. The molecule has 7 heteroatoms. The molecular weight excluding hydrogens is 266 g/mol. The minimum absolute atomic E-state index is 0.198. The smallest absolute Gasteiger partial charge is 0.267 e. The zero-order valence-corrected chi connectivity index (χ0v) is 10.7. The predicted molar refractivity (Wildman–Crippen MR) is 66.6 cm³/mol. The number of carbonyl (C=O) groups is 1. The number of aromatic nitrogens is 2. The zero-order valence-electron chi connectivity index (χ0n) is 8.36. The van der Waals surface area contributed by atoms with Gasteiger partial charge >= 0.3 is 0 Å². The molecule has 0 aliphatic carbocycles. The van der Waals surface area contributed by atoms with Crippen LogP contribution in [0, 0.1) is 0 Å². The molecule has 0 unspecified atom stereocenters. The Balaban J connectivity index is 2.07. The SMILES string of the molecule is CCc1nnc(NC(=O)c2ccc(Cl)s2)s1. The highest BCUT2D eigenvalue weighted by Crippen LogP contribution is 2.23. The minimum Gasteiger partial charge on any atom is -0.296 e. The van der Waals surface area contributed by atoms with Gasteiger partial charge in [0.15, 0.2) is 0 Å². The van der Waals surface area contributed by atoms with E-state index in [1.807, 2.05) is 6.92 Å². The second-order valence-corrected chi connectivity index (χ2v) is 5.69. The molecule has 2 heterocycles. The lowest BCUT2D eigenvalue weighted by Crippen LogP contribution is -2.09. The van der Waals surface area contributed by atoms with Crippen molar-refractivity contribution in [3.8, 4) is 0 Å². The fraction of sp³-hybridized carbons (Fsp3) is 0.222. The highest BCUT2D eigenvalue weighted by atomic mass is 35.5. The Morgan fingerprint density at radius 1 is 1.44 bits per heavy atom. The number of anilines is 1. The molecule has 0 aromatic carbocycles. The number of aryl methyl sites for hydroxylation is 1. The Labute approximate surface area is 105 Å². The van der Waals surface area contributed by atoms with Gasteiger partial charge in [0, 0.05) is 0 Å². The Bertz CT molecular complexity index is 508. The second-order valence-electron chi connectivity index (χ2n) is 2.91. The number of halogens is 1. The number of nitrogens with zero attached hydrogens (tertiary/aromatic N) is 2. The van der Waals surface area contributed by atoms with Gasteiger partial charge in [-0.05, 0) is 18.6 Å². The van der Waals surface area contributed by atoms with Gasteiger partial charge < -0.3 is 0 Å². The first-order valence-corrected chi connectivity index (χ1v) is 6.59. The molecule has 16 heavy (non-hydrogen) atoms. The van der Waals surface area contributed by atoms with Gasteiger partial charge in [-0.1, -0.05) is 29.9 Å². The molecular formula is C9H8ClN3OS2. The molecule has 0 fully saturated rings. The van der Waals surface area contributed by atoms with E-state index in [1.54, 1.807) is 12.1 Å². The Kier molecular flexibility index (Phi) is 3.52. The minimum atomic E-state index is -0.198. The molecule has 0 radical (unpaired) electrons. The highest BCUT2D eigenvalue weighted by molar-refractivity contribution is 7.18. The van der Waals surface area contributed by atoms with E-state index in [4.69, 9.17) is 11.6 Å². The van der Waals surface area contributed by atoms with Crippen LogP contribution in [0.4, 0.5) is 5.13 Å². The van der Waals surface area contributed by atoms with Crippen LogP contribution in [0.1, 0.15) is 21.6 Å². The van der Waals surface area contributed by atoms with Gasteiger partial charge in [-0.15, -0.1) is 21.5 Å². The maximum absolute atomic E-state index is 11.7. The maximum atomic E-state index is 11.7. The van der Waals surface area contributed by atoms with Crippen molar-refractivity contribution in [1.29, 1.82) is 0 Å². The number of rotatable bonds is 3.